The molecule has 0 amide bonds. The van der Waals surface area contributed by atoms with Gasteiger partial charge in [-0.05, 0) is 31.2 Å². The van der Waals surface area contributed by atoms with Crippen molar-refractivity contribution < 1.29 is 4.74 Å². The van der Waals surface area contributed by atoms with Gasteiger partial charge in [0.1, 0.15) is 11.5 Å². The minimum absolute atomic E-state index is 0.794. The molecule has 0 saturated carbocycles. The summed E-state index contributed by atoms with van der Waals surface area (Å²) < 4.78 is 6.04. The van der Waals surface area contributed by atoms with Crippen LogP contribution < -0.4 is 4.74 Å². The molecule has 4 nitrogen and oxygen atoms in total. The number of benzene rings is 2. The van der Waals surface area contributed by atoms with Crippen LogP contribution in [0.3, 0.4) is 0 Å². The lowest BCUT2D eigenvalue weighted by Crippen LogP contribution is -2.14. The predicted molar refractivity (Wildman–Crippen MR) is 103 cm³/mol. The Balaban J connectivity index is 1.91. The van der Waals surface area contributed by atoms with Crippen molar-refractivity contribution in [1.82, 2.24) is 9.88 Å². The van der Waals surface area contributed by atoms with Crippen LogP contribution in [0.15, 0.2) is 78.0 Å². The molecule has 0 spiro atoms. The molecule has 0 aliphatic heterocycles. The van der Waals surface area contributed by atoms with Gasteiger partial charge in [0.2, 0.25) is 0 Å². The summed E-state index contributed by atoms with van der Waals surface area (Å²) in [6.45, 7) is 2.99. The van der Waals surface area contributed by atoms with E-state index in [9.17, 15) is 0 Å². The van der Waals surface area contributed by atoms with Crippen molar-refractivity contribution in [3.05, 3.63) is 73.1 Å². The van der Waals surface area contributed by atoms with Gasteiger partial charge in [-0.15, -0.1) is 0 Å². The fourth-order valence-corrected chi connectivity index (χ4v) is 2.30. The molecule has 0 atom stereocenters. The van der Waals surface area contributed by atoms with Crippen molar-refractivity contribution in [3.8, 4) is 22.6 Å². The van der Waals surface area contributed by atoms with Crippen molar-refractivity contribution in [2.45, 2.75) is 6.92 Å². The molecule has 0 aliphatic rings. The van der Waals surface area contributed by atoms with Crippen LogP contribution >= 0.6 is 0 Å². The first-order valence-electron chi connectivity index (χ1n) is 8.28. The van der Waals surface area contributed by atoms with E-state index in [1.807, 2.05) is 85.1 Å². The van der Waals surface area contributed by atoms with Crippen molar-refractivity contribution in [2.75, 3.05) is 13.6 Å². The van der Waals surface area contributed by atoms with Crippen molar-refractivity contribution in [1.29, 1.82) is 0 Å². The third-order valence-corrected chi connectivity index (χ3v) is 3.80. The topological polar surface area (TPSA) is 37.7 Å². The largest absolute Gasteiger partial charge is 0.457 e. The van der Waals surface area contributed by atoms with E-state index in [2.05, 4.69) is 16.9 Å². The molecule has 0 aliphatic carbocycles. The number of ether oxygens (including phenoxy) is 1. The molecule has 0 bridgehead atoms. The second-order valence-corrected chi connectivity index (χ2v) is 5.66. The summed E-state index contributed by atoms with van der Waals surface area (Å²) in [5.41, 5.74) is 2.77. The molecule has 0 unspecified atom stereocenters. The van der Waals surface area contributed by atoms with Gasteiger partial charge in [0.05, 0.1) is 18.2 Å². The number of hydrogen-bond donors (Lipinski definition) is 0. The Morgan fingerprint density at radius 1 is 1.04 bits per heavy atom. The molecule has 0 fully saturated rings. The maximum atomic E-state index is 6.04. The molecule has 0 N–H and O–H groups in total. The fourth-order valence-electron chi connectivity index (χ4n) is 2.30. The molecular weight excluding hydrogens is 310 g/mol. The van der Waals surface area contributed by atoms with Crippen molar-refractivity contribution in [2.24, 2.45) is 4.99 Å². The van der Waals surface area contributed by atoms with Gasteiger partial charge < -0.3 is 9.64 Å². The number of nitrogens with zero attached hydrogens (tertiary/aromatic N) is 3. The molecule has 3 rings (SSSR count). The zero-order chi connectivity index (χ0) is 17.5. The fraction of sp³-hybridized carbons (Fsp3) is 0.143. The van der Waals surface area contributed by atoms with E-state index >= 15 is 0 Å². The number of aliphatic imine (C=N–C) groups is 1. The van der Waals surface area contributed by atoms with Crippen LogP contribution in [0.1, 0.15) is 6.92 Å². The van der Waals surface area contributed by atoms with E-state index in [-0.39, 0.29) is 0 Å². The quantitative estimate of drug-likeness (QED) is 0.463. The van der Waals surface area contributed by atoms with Crippen LogP contribution in [0, 0.1) is 0 Å². The lowest BCUT2D eigenvalue weighted by molar-refractivity contribution is 0.484. The van der Waals surface area contributed by atoms with Crippen molar-refractivity contribution in [3.63, 3.8) is 0 Å². The first-order valence-corrected chi connectivity index (χ1v) is 8.28. The maximum Gasteiger partial charge on any atom is 0.135 e. The molecule has 1 aromatic heterocycles. The molecule has 3 aromatic rings. The van der Waals surface area contributed by atoms with E-state index in [0.717, 1.165) is 34.9 Å². The molecule has 25 heavy (non-hydrogen) atoms. The number of pyridine rings is 1. The molecule has 0 radical (unpaired) electrons. The summed E-state index contributed by atoms with van der Waals surface area (Å²) in [7, 11) is 1.99. The van der Waals surface area contributed by atoms with Gasteiger partial charge in [-0.1, -0.05) is 36.4 Å². The first kappa shape index (κ1) is 16.7. The average molecular weight is 331 g/mol. The highest BCUT2D eigenvalue weighted by molar-refractivity contribution is 5.73. The van der Waals surface area contributed by atoms with E-state index in [0.29, 0.717) is 0 Å². The van der Waals surface area contributed by atoms with Crippen LogP contribution in [0.25, 0.3) is 11.1 Å². The summed E-state index contributed by atoms with van der Waals surface area (Å²) in [4.78, 5) is 10.8. The van der Waals surface area contributed by atoms with Crippen LogP contribution in [-0.4, -0.2) is 29.8 Å². The Bertz CT molecular complexity index is 847. The summed E-state index contributed by atoms with van der Waals surface area (Å²) in [6.07, 6.45) is 5.40. The third-order valence-electron chi connectivity index (χ3n) is 3.80. The zero-order valence-electron chi connectivity index (χ0n) is 14.5. The minimum Gasteiger partial charge on any atom is -0.457 e. The number of rotatable bonds is 6. The van der Waals surface area contributed by atoms with Crippen LogP contribution in [0.2, 0.25) is 0 Å². The summed E-state index contributed by atoms with van der Waals surface area (Å²) in [5.74, 6) is 1.60. The van der Waals surface area contributed by atoms with E-state index in [4.69, 9.17) is 4.74 Å². The third kappa shape index (κ3) is 4.44. The van der Waals surface area contributed by atoms with Gasteiger partial charge >= 0.3 is 0 Å². The van der Waals surface area contributed by atoms with Gasteiger partial charge in [0, 0.05) is 30.9 Å². The zero-order valence-corrected chi connectivity index (χ0v) is 14.5. The number of para-hydroxylation sites is 2. The Morgan fingerprint density at radius 3 is 2.60 bits per heavy atom. The highest BCUT2D eigenvalue weighted by atomic mass is 16.5. The highest BCUT2D eigenvalue weighted by Gasteiger charge is 2.08. The molecular formula is C21H21N3O. The molecule has 0 saturated heterocycles. The van der Waals surface area contributed by atoms with Crippen LogP contribution in [0.5, 0.6) is 11.5 Å². The van der Waals surface area contributed by atoms with Crippen LogP contribution in [0.4, 0.5) is 5.69 Å². The van der Waals surface area contributed by atoms with Crippen molar-refractivity contribution >= 4 is 12.0 Å². The summed E-state index contributed by atoms with van der Waals surface area (Å²) in [5, 5.41) is 0. The van der Waals surface area contributed by atoms with Gasteiger partial charge in [-0.2, -0.15) is 0 Å². The average Bonchev–Trinajstić information content (AvgIpc) is 2.67. The Kier molecular flexibility index (Phi) is 5.42. The Labute approximate surface area is 148 Å². The predicted octanol–water partition coefficient (Wildman–Crippen LogP) is 5.15. The minimum atomic E-state index is 0.794. The second-order valence-electron chi connectivity index (χ2n) is 5.66. The van der Waals surface area contributed by atoms with Gasteiger partial charge in [-0.25, -0.2) is 4.99 Å². The Morgan fingerprint density at radius 2 is 1.80 bits per heavy atom. The molecule has 2 aromatic carbocycles. The Hall–Kier alpha value is -3.14. The van der Waals surface area contributed by atoms with Gasteiger partial charge in [-0.3, -0.25) is 4.98 Å². The number of aromatic nitrogens is 1. The molecule has 4 heteroatoms. The van der Waals surface area contributed by atoms with Crippen LogP contribution in [-0.2, 0) is 0 Å². The molecule has 126 valence electrons. The SMILES string of the molecule is CCN(C)/C=N/c1cncc(-c2ccccc2Oc2ccccc2)c1. The normalized spacial score (nSPS) is 10.8. The maximum absolute atomic E-state index is 6.04. The lowest BCUT2D eigenvalue weighted by atomic mass is 10.1. The summed E-state index contributed by atoms with van der Waals surface area (Å²) in [6, 6.07) is 19.7. The molecule has 1 heterocycles. The first-order chi connectivity index (χ1) is 12.3. The summed E-state index contributed by atoms with van der Waals surface area (Å²) >= 11 is 0. The van der Waals surface area contributed by atoms with Gasteiger partial charge in [0.15, 0.2) is 0 Å². The van der Waals surface area contributed by atoms with E-state index < -0.39 is 0 Å². The lowest BCUT2D eigenvalue weighted by Gasteiger charge is -2.12. The highest BCUT2D eigenvalue weighted by Crippen LogP contribution is 2.34. The monoisotopic (exact) mass is 331 g/mol. The van der Waals surface area contributed by atoms with E-state index in [1.165, 1.54) is 0 Å². The van der Waals surface area contributed by atoms with E-state index in [1.54, 1.807) is 6.20 Å². The smallest absolute Gasteiger partial charge is 0.135 e. The second kappa shape index (κ2) is 8.11. The number of hydrogen-bond acceptors (Lipinski definition) is 3. The standard InChI is InChI=1S/C21H21N3O/c1-3-24(2)16-23-18-13-17(14-22-15-18)20-11-7-8-12-21(20)25-19-9-5-4-6-10-19/h4-16H,3H2,1-2H3/b23-16+. The van der Waals surface area contributed by atoms with Gasteiger partial charge in [0.25, 0.3) is 0 Å².